The van der Waals surface area contributed by atoms with Crippen LogP contribution < -0.4 is 0 Å². The number of rotatable bonds is 2. The summed E-state index contributed by atoms with van der Waals surface area (Å²) in [4.78, 5) is 18.0. The highest BCUT2D eigenvalue weighted by Crippen LogP contribution is 2.48. The number of nitrogens with one attached hydrogen (secondary N) is 1. The molecular formula is C17H18N2O3. The van der Waals surface area contributed by atoms with Gasteiger partial charge in [-0.05, 0) is 13.1 Å². The maximum Gasteiger partial charge on any atom is 0.340 e. The third-order valence-corrected chi connectivity index (χ3v) is 5.46. The van der Waals surface area contributed by atoms with Crippen LogP contribution in [0.3, 0.4) is 0 Å². The number of H-pyrrole nitrogens is 1. The summed E-state index contributed by atoms with van der Waals surface area (Å²) in [6, 6.07) is 8.62. The summed E-state index contributed by atoms with van der Waals surface area (Å²) in [6.07, 6.45) is 4.24. The first-order valence-corrected chi connectivity index (χ1v) is 7.87. The van der Waals surface area contributed by atoms with Crippen LogP contribution in [0, 0.1) is 0 Å². The van der Waals surface area contributed by atoms with E-state index in [0.29, 0.717) is 29.9 Å². The topological polar surface area (TPSA) is 57.9 Å². The molecule has 4 heterocycles. The second kappa shape index (κ2) is 4.33. The lowest BCUT2D eigenvalue weighted by Gasteiger charge is -2.37. The molecule has 0 amide bonds. The van der Waals surface area contributed by atoms with Crippen LogP contribution in [0.2, 0.25) is 0 Å². The second-order valence-corrected chi connectivity index (χ2v) is 6.61. The minimum absolute atomic E-state index is 0.00348. The molecule has 3 saturated heterocycles. The van der Waals surface area contributed by atoms with Crippen molar-refractivity contribution in [3.05, 3.63) is 36.0 Å². The van der Waals surface area contributed by atoms with E-state index >= 15 is 0 Å². The van der Waals surface area contributed by atoms with Crippen LogP contribution >= 0.6 is 0 Å². The third kappa shape index (κ3) is 1.69. The van der Waals surface area contributed by atoms with Crippen LogP contribution in [0.15, 0.2) is 30.5 Å². The number of epoxide rings is 1. The Labute approximate surface area is 128 Å². The molecule has 1 aromatic heterocycles. The van der Waals surface area contributed by atoms with E-state index in [4.69, 9.17) is 9.47 Å². The van der Waals surface area contributed by atoms with Gasteiger partial charge in [-0.25, -0.2) is 4.79 Å². The predicted octanol–water partition coefficient (Wildman–Crippen LogP) is 1.94. The van der Waals surface area contributed by atoms with Crippen LogP contribution in [-0.2, 0) is 9.47 Å². The van der Waals surface area contributed by atoms with Crippen molar-refractivity contribution < 1.29 is 14.3 Å². The van der Waals surface area contributed by atoms with Gasteiger partial charge in [0.1, 0.15) is 18.3 Å². The quantitative estimate of drug-likeness (QED) is 0.680. The first kappa shape index (κ1) is 12.7. The molecule has 5 nitrogen and oxygen atoms in total. The minimum atomic E-state index is -0.221. The van der Waals surface area contributed by atoms with E-state index in [1.54, 1.807) is 6.20 Å². The number of aromatic amines is 1. The molecule has 3 unspecified atom stereocenters. The first-order valence-electron chi connectivity index (χ1n) is 7.87. The summed E-state index contributed by atoms with van der Waals surface area (Å²) < 4.78 is 11.5. The molecular weight excluding hydrogens is 280 g/mol. The molecule has 1 aromatic carbocycles. The minimum Gasteiger partial charge on any atom is -0.459 e. The molecule has 114 valence electrons. The summed E-state index contributed by atoms with van der Waals surface area (Å²) in [5, 5.41) is 0.926. The van der Waals surface area contributed by atoms with Gasteiger partial charge in [0, 0.05) is 42.0 Å². The highest BCUT2D eigenvalue weighted by atomic mass is 16.6. The van der Waals surface area contributed by atoms with Crippen molar-refractivity contribution in [3.63, 3.8) is 0 Å². The number of aromatic nitrogens is 1. The molecule has 1 N–H and O–H groups in total. The Hall–Kier alpha value is -1.85. The van der Waals surface area contributed by atoms with Crippen LogP contribution in [-0.4, -0.2) is 53.3 Å². The average molecular weight is 298 g/mol. The number of esters is 1. The second-order valence-electron chi connectivity index (χ2n) is 6.61. The molecule has 3 fully saturated rings. The Bertz CT molecular complexity index is 737. The molecule has 3 aliphatic rings. The lowest BCUT2D eigenvalue weighted by Crippen LogP contribution is -2.47. The van der Waals surface area contributed by atoms with Crippen LogP contribution in [0.5, 0.6) is 0 Å². The highest BCUT2D eigenvalue weighted by Gasteiger charge is 2.62. The molecule has 0 aliphatic carbocycles. The van der Waals surface area contributed by atoms with Crippen LogP contribution in [0.4, 0.5) is 0 Å². The molecule has 5 heteroatoms. The van der Waals surface area contributed by atoms with Crippen molar-refractivity contribution in [2.24, 2.45) is 0 Å². The van der Waals surface area contributed by atoms with Crippen molar-refractivity contribution in [2.75, 3.05) is 7.05 Å². The van der Waals surface area contributed by atoms with E-state index < -0.39 is 0 Å². The summed E-state index contributed by atoms with van der Waals surface area (Å²) >= 11 is 0. The van der Waals surface area contributed by atoms with Crippen LogP contribution in [0.1, 0.15) is 23.2 Å². The van der Waals surface area contributed by atoms with Crippen molar-refractivity contribution >= 4 is 16.9 Å². The molecule has 0 saturated carbocycles. The zero-order valence-electron chi connectivity index (χ0n) is 12.4. The molecule has 5 rings (SSSR count). The monoisotopic (exact) mass is 298 g/mol. The van der Waals surface area contributed by atoms with Gasteiger partial charge in [0.15, 0.2) is 0 Å². The Morgan fingerprint density at radius 2 is 2.00 bits per heavy atom. The number of carbonyl (C=O) groups is 1. The van der Waals surface area contributed by atoms with Gasteiger partial charge >= 0.3 is 5.97 Å². The van der Waals surface area contributed by atoms with Gasteiger partial charge in [-0.3, -0.25) is 4.90 Å². The largest absolute Gasteiger partial charge is 0.459 e. The maximum atomic E-state index is 12.5. The molecule has 0 radical (unpaired) electrons. The SMILES string of the molecule is CN1C2CC(OC(=O)c3c[nH]c4ccccc34)CC1[C@@H]1O[C@H]21. The normalized spacial score (nSPS) is 36.3. The number of carbonyl (C=O) groups excluding carboxylic acids is 1. The summed E-state index contributed by atoms with van der Waals surface area (Å²) in [5.74, 6) is -0.221. The zero-order chi connectivity index (χ0) is 14.8. The van der Waals surface area contributed by atoms with Crippen molar-refractivity contribution in [1.82, 2.24) is 9.88 Å². The number of nitrogens with zero attached hydrogens (tertiary/aromatic N) is 1. The number of hydrogen-bond donors (Lipinski definition) is 1. The fourth-order valence-corrected chi connectivity index (χ4v) is 4.25. The number of morpholine rings is 1. The van der Waals surface area contributed by atoms with E-state index in [9.17, 15) is 4.79 Å². The standard InChI is InChI=1S/C17H18N2O3/c1-19-13-6-9(7-14(19)16-15(13)22-16)21-17(20)11-8-18-12-5-3-2-4-10(11)12/h2-5,8-9,13-16,18H,6-7H2,1H3/t9?,13?,14?,15-,16+. The molecule has 2 aromatic rings. The molecule has 22 heavy (non-hydrogen) atoms. The predicted molar refractivity (Wildman–Crippen MR) is 80.7 cm³/mol. The maximum absolute atomic E-state index is 12.5. The fraction of sp³-hybridized carbons (Fsp3) is 0.471. The van der Waals surface area contributed by atoms with Gasteiger partial charge in [-0.15, -0.1) is 0 Å². The third-order valence-electron chi connectivity index (χ3n) is 5.46. The van der Waals surface area contributed by atoms with Gasteiger partial charge in [-0.1, -0.05) is 18.2 Å². The highest BCUT2D eigenvalue weighted by molar-refractivity contribution is 6.04. The van der Waals surface area contributed by atoms with E-state index in [0.717, 1.165) is 23.7 Å². The molecule has 3 aliphatic heterocycles. The Kier molecular flexibility index (Phi) is 2.50. The van der Waals surface area contributed by atoms with E-state index in [2.05, 4.69) is 16.9 Å². The van der Waals surface area contributed by atoms with Crippen LogP contribution in [0.25, 0.3) is 10.9 Å². The van der Waals surface area contributed by atoms with Gasteiger partial charge in [0.2, 0.25) is 0 Å². The van der Waals surface area contributed by atoms with E-state index in [-0.39, 0.29) is 12.1 Å². The van der Waals surface area contributed by atoms with E-state index in [1.165, 1.54) is 0 Å². The number of piperidine rings is 1. The number of ether oxygens (including phenoxy) is 2. The lowest BCUT2D eigenvalue weighted by atomic mass is 9.99. The number of likely N-dealkylation sites (N-methyl/N-ethyl adjacent to an activating group) is 1. The summed E-state index contributed by atoms with van der Waals surface area (Å²) in [7, 11) is 2.16. The van der Waals surface area contributed by atoms with Gasteiger partial charge in [0.05, 0.1) is 5.56 Å². The average Bonchev–Trinajstić information content (AvgIpc) is 3.15. The van der Waals surface area contributed by atoms with E-state index in [1.807, 2.05) is 24.3 Å². The smallest absolute Gasteiger partial charge is 0.340 e. The molecule has 0 spiro atoms. The number of para-hydroxylation sites is 1. The van der Waals surface area contributed by atoms with Crippen molar-refractivity contribution in [2.45, 2.75) is 43.2 Å². The zero-order valence-corrected chi connectivity index (χ0v) is 12.4. The van der Waals surface area contributed by atoms with Gasteiger partial charge < -0.3 is 14.5 Å². The Balaban J connectivity index is 1.35. The number of fused-ring (bicyclic) bond motifs is 6. The Morgan fingerprint density at radius 1 is 1.27 bits per heavy atom. The van der Waals surface area contributed by atoms with Crippen molar-refractivity contribution in [1.29, 1.82) is 0 Å². The Morgan fingerprint density at radius 3 is 2.77 bits per heavy atom. The summed E-state index contributed by atoms with van der Waals surface area (Å²) in [5.41, 5.74) is 1.59. The summed E-state index contributed by atoms with van der Waals surface area (Å²) in [6.45, 7) is 0. The molecule has 2 bridgehead atoms. The fourth-order valence-electron chi connectivity index (χ4n) is 4.25. The van der Waals surface area contributed by atoms with Gasteiger partial charge in [-0.2, -0.15) is 0 Å². The molecule has 5 atom stereocenters. The number of hydrogen-bond acceptors (Lipinski definition) is 4. The van der Waals surface area contributed by atoms with Crippen molar-refractivity contribution in [3.8, 4) is 0 Å². The number of benzene rings is 1. The first-order chi connectivity index (χ1) is 10.7. The lowest BCUT2D eigenvalue weighted by molar-refractivity contribution is -0.0231. The van der Waals surface area contributed by atoms with Gasteiger partial charge in [0.25, 0.3) is 0 Å².